The molecule has 39 heavy (non-hydrogen) atoms. The van der Waals surface area contributed by atoms with Gasteiger partial charge in [0, 0.05) is 30.1 Å². The van der Waals surface area contributed by atoms with Crippen LogP contribution in [0.15, 0.2) is 64.7 Å². The van der Waals surface area contributed by atoms with Crippen molar-refractivity contribution in [3.05, 3.63) is 76.2 Å². The maximum atomic E-state index is 13.4. The molecule has 1 aliphatic rings. The maximum Gasteiger partial charge on any atom is 0.300 e. The third kappa shape index (κ3) is 5.82. The fraction of sp³-hybridized carbons (Fsp3) is 0.269. The van der Waals surface area contributed by atoms with E-state index in [9.17, 15) is 17.6 Å². The Morgan fingerprint density at radius 1 is 1.08 bits per heavy atom. The number of fused-ring (bicyclic) bond motifs is 1. The molecule has 1 aromatic carbocycles. The van der Waals surface area contributed by atoms with Gasteiger partial charge < -0.3 is 9.47 Å². The molecule has 4 aromatic rings. The van der Waals surface area contributed by atoms with Crippen LogP contribution in [0, 0.1) is 5.82 Å². The molecule has 0 amide bonds. The van der Waals surface area contributed by atoms with Crippen LogP contribution in [0.4, 0.5) is 10.1 Å². The molecular weight excluding hydrogens is 549 g/mol. The average Bonchev–Trinajstić information content (AvgIpc) is 3.43. The molecule has 1 fully saturated rings. The van der Waals surface area contributed by atoms with Crippen molar-refractivity contribution in [2.75, 3.05) is 38.1 Å². The molecule has 0 unspecified atom stereocenters. The van der Waals surface area contributed by atoms with E-state index in [-0.39, 0.29) is 32.8 Å². The summed E-state index contributed by atoms with van der Waals surface area (Å²) < 4.78 is 54.2. The van der Waals surface area contributed by atoms with Crippen LogP contribution in [0.5, 0.6) is 11.6 Å². The van der Waals surface area contributed by atoms with Gasteiger partial charge in [0.2, 0.25) is 11.6 Å². The number of aromatic nitrogens is 3. The van der Waals surface area contributed by atoms with Gasteiger partial charge in [-0.1, -0.05) is 11.6 Å². The number of pyridine rings is 2. The summed E-state index contributed by atoms with van der Waals surface area (Å²) in [5, 5.41) is -0.273. The lowest BCUT2D eigenvalue weighted by Gasteiger charge is -2.15. The molecule has 5 rings (SSSR count). The van der Waals surface area contributed by atoms with Gasteiger partial charge in [0.15, 0.2) is 0 Å². The fourth-order valence-corrected chi connectivity index (χ4v) is 5.94. The minimum atomic E-state index is -4.21. The van der Waals surface area contributed by atoms with Crippen molar-refractivity contribution < 1.29 is 22.3 Å². The highest BCUT2D eigenvalue weighted by Crippen LogP contribution is 2.31. The van der Waals surface area contributed by atoms with Gasteiger partial charge in [-0.3, -0.25) is 18.8 Å². The van der Waals surface area contributed by atoms with E-state index in [0.29, 0.717) is 23.4 Å². The van der Waals surface area contributed by atoms with Gasteiger partial charge in [0.1, 0.15) is 28.7 Å². The summed E-state index contributed by atoms with van der Waals surface area (Å²) in [7, 11) is -2.86. The van der Waals surface area contributed by atoms with Gasteiger partial charge in [-0.15, -0.1) is 0 Å². The summed E-state index contributed by atoms with van der Waals surface area (Å²) in [5.41, 5.74) is 1.14. The second-order valence-electron chi connectivity index (χ2n) is 8.93. The Balaban J connectivity index is 1.44. The van der Waals surface area contributed by atoms with Crippen LogP contribution in [-0.2, 0) is 10.0 Å². The second kappa shape index (κ2) is 11.2. The number of halogens is 2. The standard InChI is InChI=1S/C26H25ClFN5O5S/c1-37-25-21(31-39(35,36)23-6-5-19(28)13-20(23)27)12-18(14-30-25)17-4-7-24-29-15-22(26(34)33(24)16-17)38-11-10-32-8-2-3-9-32/h4-7,12-16,31H,2-3,8-11H2,1H3. The van der Waals surface area contributed by atoms with Crippen molar-refractivity contribution in [3.63, 3.8) is 0 Å². The Kier molecular flexibility index (Phi) is 7.69. The number of benzene rings is 1. The van der Waals surface area contributed by atoms with Crippen molar-refractivity contribution in [1.82, 2.24) is 19.3 Å². The highest BCUT2D eigenvalue weighted by Gasteiger charge is 2.21. The molecule has 1 saturated heterocycles. The monoisotopic (exact) mass is 573 g/mol. The van der Waals surface area contributed by atoms with E-state index in [1.807, 2.05) is 0 Å². The number of methoxy groups -OCH3 is 1. The van der Waals surface area contributed by atoms with Gasteiger partial charge in [-0.2, -0.15) is 0 Å². The molecule has 0 bridgehead atoms. The van der Waals surface area contributed by atoms with Crippen LogP contribution in [0.1, 0.15) is 12.8 Å². The quantitative estimate of drug-likeness (QED) is 0.321. The number of sulfonamides is 1. The third-order valence-electron chi connectivity index (χ3n) is 6.34. The predicted molar refractivity (Wildman–Crippen MR) is 145 cm³/mol. The molecule has 204 valence electrons. The van der Waals surface area contributed by atoms with E-state index < -0.39 is 15.8 Å². The number of ether oxygens (including phenoxy) is 2. The zero-order valence-corrected chi connectivity index (χ0v) is 22.5. The Morgan fingerprint density at radius 3 is 2.62 bits per heavy atom. The van der Waals surface area contributed by atoms with Crippen molar-refractivity contribution in [2.24, 2.45) is 0 Å². The Morgan fingerprint density at radius 2 is 1.87 bits per heavy atom. The summed E-state index contributed by atoms with van der Waals surface area (Å²) in [6, 6.07) is 7.88. The van der Waals surface area contributed by atoms with E-state index in [1.165, 1.54) is 42.8 Å². The molecule has 0 saturated carbocycles. The van der Waals surface area contributed by atoms with E-state index in [1.54, 1.807) is 18.3 Å². The molecule has 0 spiro atoms. The predicted octanol–water partition coefficient (Wildman–Crippen LogP) is 3.83. The number of likely N-dealkylation sites (tertiary alicyclic amines) is 1. The van der Waals surface area contributed by atoms with Crippen molar-refractivity contribution in [3.8, 4) is 22.8 Å². The largest absolute Gasteiger partial charge is 0.485 e. The molecule has 0 atom stereocenters. The van der Waals surface area contributed by atoms with Crippen molar-refractivity contribution in [2.45, 2.75) is 17.7 Å². The van der Waals surface area contributed by atoms with E-state index in [2.05, 4.69) is 19.6 Å². The van der Waals surface area contributed by atoms with Gasteiger partial charge >= 0.3 is 0 Å². The topological polar surface area (TPSA) is 115 Å². The molecule has 1 aliphatic heterocycles. The maximum absolute atomic E-state index is 13.4. The Labute approximate surface area is 229 Å². The number of hydrogen-bond acceptors (Lipinski definition) is 8. The first kappa shape index (κ1) is 26.9. The minimum absolute atomic E-state index is 0.00821. The van der Waals surface area contributed by atoms with Gasteiger partial charge in [0.05, 0.1) is 18.3 Å². The average molecular weight is 574 g/mol. The van der Waals surface area contributed by atoms with E-state index in [0.717, 1.165) is 37.8 Å². The van der Waals surface area contributed by atoms with E-state index >= 15 is 0 Å². The number of hydrogen-bond donors (Lipinski definition) is 1. The summed E-state index contributed by atoms with van der Waals surface area (Å²) in [4.78, 5) is 23.6. The first-order valence-corrected chi connectivity index (χ1v) is 14.0. The first-order chi connectivity index (χ1) is 18.7. The number of nitrogens with zero attached hydrogens (tertiary/aromatic N) is 4. The Bertz CT molecular complexity index is 1690. The summed E-state index contributed by atoms with van der Waals surface area (Å²) in [5.74, 6) is -0.517. The highest BCUT2D eigenvalue weighted by molar-refractivity contribution is 7.92. The summed E-state index contributed by atoms with van der Waals surface area (Å²) in [6.07, 6.45) is 6.83. The highest BCUT2D eigenvalue weighted by atomic mass is 35.5. The smallest absolute Gasteiger partial charge is 0.300 e. The zero-order chi connectivity index (χ0) is 27.6. The summed E-state index contributed by atoms with van der Waals surface area (Å²) >= 11 is 5.97. The fourth-order valence-electron chi connectivity index (χ4n) is 4.36. The molecule has 1 N–H and O–H groups in total. The Hall–Kier alpha value is -3.74. The van der Waals surface area contributed by atoms with Gasteiger partial charge in [0.25, 0.3) is 15.6 Å². The zero-order valence-electron chi connectivity index (χ0n) is 20.9. The van der Waals surface area contributed by atoms with E-state index in [4.69, 9.17) is 21.1 Å². The van der Waals surface area contributed by atoms with Crippen LogP contribution in [-0.4, -0.2) is 61.0 Å². The van der Waals surface area contributed by atoms with Crippen LogP contribution >= 0.6 is 11.6 Å². The molecule has 13 heteroatoms. The number of rotatable bonds is 9. The number of anilines is 1. The third-order valence-corrected chi connectivity index (χ3v) is 8.19. The molecule has 0 aliphatic carbocycles. The van der Waals surface area contributed by atoms with Crippen LogP contribution in [0.25, 0.3) is 16.8 Å². The molecule has 3 aromatic heterocycles. The second-order valence-corrected chi connectivity index (χ2v) is 11.0. The lowest BCUT2D eigenvalue weighted by Crippen LogP contribution is -2.27. The SMILES string of the molecule is COc1ncc(-c2ccc3ncc(OCCN4CCCC4)c(=O)n3c2)cc1NS(=O)(=O)c1ccc(F)cc1Cl. The molecule has 0 radical (unpaired) electrons. The molecule has 4 heterocycles. The van der Waals surface area contributed by atoms with Crippen LogP contribution in [0.2, 0.25) is 5.02 Å². The lowest BCUT2D eigenvalue weighted by molar-refractivity contribution is 0.235. The molecular formula is C26H25ClFN5O5S. The normalized spacial score (nSPS) is 14.0. The van der Waals surface area contributed by atoms with Crippen LogP contribution < -0.4 is 19.8 Å². The van der Waals surface area contributed by atoms with Crippen LogP contribution in [0.3, 0.4) is 0 Å². The van der Waals surface area contributed by atoms with Gasteiger partial charge in [-0.05, 0) is 62.3 Å². The van der Waals surface area contributed by atoms with Crippen molar-refractivity contribution >= 4 is 33.0 Å². The minimum Gasteiger partial charge on any atom is -0.485 e. The molecule has 10 nitrogen and oxygen atoms in total. The summed E-state index contributed by atoms with van der Waals surface area (Å²) in [6.45, 7) is 3.19. The number of nitrogens with one attached hydrogen (secondary N) is 1. The lowest BCUT2D eigenvalue weighted by atomic mass is 10.1. The first-order valence-electron chi connectivity index (χ1n) is 12.1. The van der Waals surface area contributed by atoms with Crippen molar-refractivity contribution in [1.29, 1.82) is 0 Å². The van der Waals surface area contributed by atoms with Gasteiger partial charge in [-0.25, -0.2) is 22.8 Å².